The number of carbonyl (C=O) groups is 1. The zero-order valence-corrected chi connectivity index (χ0v) is 19.4. The van der Waals surface area contributed by atoms with E-state index in [4.69, 9.17) is 0 Å². The van der Waals surface area contributed by atoms with Gasteiger partial charge in [0.2, 0.25) is 15.9 Å². The molecule has 3 rings (SSSR count). The molecule has 0 bridgehead atoms. The molecule has 2 saturated heterocycles. The second-order valence-corrected chi connectivity index (χ2v) is 10.7. The van der Waals surface area contributed by atoms with Crippen molar-refractivity contribution in [2.24, 2.45) is 5.92 Å². The Balaban J connectivity index is 1.43. The fraction of sp³-hybridized carbons (Fsp3) is 0.682. The smallest absolute Gasteiger partial charge is 0.243 e. The van der Waals surface area contributed by atoms with E-state index in [-0.39, 0.29) is 11.8 Å². The van der Waals surface area contributed by atoms with E-state index < -0.39 is 10.0 Å². The monoisotopic (exact) mass is 436 g/mol. The Labute approximate surface area is 181 Å². The molecule has 1 aromatic carbocycles. The lowest BCUT2D eigenvalue weighted by atomic mass is 9.96. The maximum absolute atomic E-state index is 12.8. The molecule has 30 heavy (non-hydrogen) atoms. The van der Waals surface area contributed by atoms with Crippen LogP contribution in [-0.2, 0) is 14.8 Å². The molecule has 0 radical (unpaired) electrons. The fourth-order valence-corrected chi connectivity index (χ4v) is 5.70. The molecule has 7 nitrogen and oxygen atoms in total. The van der Waals surface area contributed by atoms with Crippen LogP contribution in [0.15, 0.2) is 29.2 Å². The van der Waals surface area contributed by atoms with Gasteiger partial charge in [0.15, 0.2) is 0 Å². The summed E-state index contributed by atoms with van der Waals surface area (Å²) in [5.74, 6) is 0.0730. The Bertz CT molecular complexity index is 796. The Morgan fingerprint density at radius 1 is 1.03 bits per heavy atom. The van der Waals surface area contributed by atoms with Gasteiger partial charge in [-0.2, -0.15) is 4.31 Å². The van der Waals surface area contributed by atoms with Crippen molar-refractivity contribution in [3.8, 4) is 0 Å². The van der Waals surface area contributed by atoms with Crippen molar-refractivity contribution in [2.75, 3.05) is 66.5 Å². The van der Waals surface area contributed by atoms with Crippen LogP contribution in [0.1, 0.15) is 24.8 Å². The van der Waals surface area contributed by atoms with Crippen molar-refractivity contribution in [1.82, 2.24) is 19.0 Å². The highest BCUT2D eigenvalue weighted by atomic mass is 32.2. The van der Waals surface area contributed by atoms with E-state index >= 15 is 0 Å². The van der Waals surface area contributed by atoms with Crippen LogP contribution in [-0.4, -0.2) is 99.8 Å². The third-order valence-electron chi connectivity index (χ3n) is 6.40. The largest absolute Gasteiger partial charge is 0.345 e. The average Bonchev–Trinajstić information content (AvgIpc) is 2.75. The lowest BCUT2D eigenvalue weighted by Crippen LogP contribution is -2.46. The third kappa shape index (κ3) is 5.81. The molecule has 0 spiro atoms. The van der Waals surface area contributed by atoms with Gasteiger partial charge in [0.05, 0.1) is 4.90 Å². The molecule has 0 aromatic heterocycles. The van der Waals surface area contributed by atoms with Crippen LogP contribution in [0, 0.1) is 12.8 Å². The second kappa shape index (κ2) is 10.2. The van der Waals surface area contributed by atoms with Crippen molar-refractivity contribution in [3.05, 3.63) is 29.8 Å². The number of likely N-dealkylation sites (N-methyl/N-ethyl adjacent to an activating group) is 1. The van der Waals surface area contributed by atoms with E-state index in [0.717, 1.165) is 51.3 Å². The summed E-state index contributed by atoms with van der Waals surface area (Å²) < 4.78 is 27.2. The molecule has 0 saturated carbocycles. The molecule has 0 atom stereocenters. The number of amides is 1. The van der Waals surface area contributed by atoms with Crippen LogP contribution in [0.25, 0.3) is 0 Å². The Kier molecular flexibility index (Phi) is 7.90. The van der Waals surface area contributed by atoms with Crippen LogP contribution in [0.3, 0.4) is 0 Å². The van der Waals surface area contributed by atoms with Crippen LogP contribution in [0.2, 0.25) is 0 Å². The maximum atomic E-state index is 12.8. The lowest BCUT2D eigenvalue weighted by molar-refractivity contribution is -0.135. The minimum absolute atomic E-state index is 0.0805. The predicted octanol–water partition coefficient (Wildman–Crippen LogP) is 1.49. The van der Waals surface area contributed by atoms with Crippen molar-refractivity contribution < 1.29 is 13.2 Å². The normalized spacial score (nSPS) is 20.4. The number of sulfonamides is 1. The molecule has 1 amide bonds. The fourth-order valence-electron chi connectivity index (χ4n) is 4.23. The first kappa shape index (κ1) is 23.2. The Morgan fingerprint density at radius 3 is 2.23 bits per heavy atom. The van der Waals surface area contributed by atoms with Gasteiger partial charge in [0.25, 0.3) is 0 Å². The highest BCUT2D eigenvalue weighted by Crippen LogP contribution is 2.25. The summed E-state index contributed by atoms with van der Waals surface area (Å²) in [6, 6.07) is 6.96. The molecule has 0 aliphatic carbocycles. The van der Waals surface area contributed by atoms with Crippen LogP contribution < -0.4 is 0 Å². The summed E-state index contributed by atoms with van der Waals surface area (Å²) >= 11 is 0. The molecule has 2 fully saturated rings. The van der Waals surface area contributed by atoms with Crippen molar-refractivity contribution in [3.63, 3.8) is 0 Å². The predicted molar refractivity (Wildman–Crippen MR) is 119 cm³/mol. The summed E-state index contributed by atoms with van der Waals surface area (Å²) in [7, 11) is 0.551. The Hall–Kier alpha value is -1.48. The SMILES string of the molecule is Cc1ccc(S(=O)(=O)N2CCC(C(=O)N(C)CCCN3CCN(C)CC3)CC2)cc1. The Morgan fingerprint density at radius 2 is 1.63 bits per heavy atom. The van der Waals surface area contributed by atoms with Crippen LogP contribution in [0.4, 0.5) is 0 Å². The van der Waals surface area contributed by atoms with Gasteiger partial charge in [-0.3, -0.25) is 4.79 Å². The van der Waals surface area contributed by atoms with Gasteiger partial charge in [-0.05, 0) is 51.9 Å². The zero-order valence-electron chi connectivity index (χ0n) is 18.6. The van der Waals surface area contributed by atoms with Gasteiger partial charge in [-0.15, -0.1) is 0 Å². The summed E-state index contributed by atoms with van der Waals surface area (Å²) in [6.45, 7) is 8.95. The molecule has 2 aliphatic rings. The van der Waals surface area contributed by atoms with Crippen molar-refractivity contribution >= 4 is 15.9 Å². The number of carbonyl (C=O) groups excluding carboxylic acids is 1. The second-order valence-electron chi connectivity index (χ2n) is 8.75. The van der Waals surface area contributed by atoms with Crippen LogP contribution in [0.5, 0.6) is 0 Å². The highest BCUT2D eigenvalue weighted by Gasteiger charge is 2.33. The van der Waals surface area contributed by atoms with Gasteiger partial charge in [0.1, 0.15) is 0 Å². The van der Waals surface area contributed by atoms with Gasteiger partial charge < -0.3 is 14.7 Å². The van der Waals surface area contributed by atoms with E-state index in [1.165, 1.54) is 4.31 Å². The average molecular weight is 437 g/mol. The molecule has 8 heteroatoms. The van der Waals surface area contributed by atoms with Gasteiger partial charge in [-0.25, -0.2) is 8.42 Å². The number of rotatable bonds is 7. The summed E-state index contributed by atoms with van der Waals surface area (Å²) in [4.78, 5) is 19.8. The number of piperazine rings is 1. The maximum Gasteiger partial charge on any atom is 0.243 e. The number of hydrogen-bond acceptors (Lipinski definition) is 5. The minimum atomic E-state index is -3.48. The lowest BCUT2D eigenvalue weighted by Gasteiger charge is -2.34. The molecule has 168 valence electrons. The third-order valence-corrected chi connectivity index (χ3v) is 8.31. The van der Waals surface area contributed by atoms with Gasteiger partial charge in [-0.1, -0.05) is 17.7 Å². The molecular weight excluding hydrogens is 400 g/mol. The summed E-state index contributed by atoms with van der Waals surface area (Å²) in [5.41, 5.74) is 1.04. The number of aryl methyl sites for hydroxylation is 1. The molecule has 1 aromatic rings. The van der Waals surface area contributed by atoms with Gasteiger partial charge in [0, 0.05) is 58.8 Å². The van der Waals surface area contributed by atoms with E-state index in [1.807, 2.05) is 31.0 Å². The number of nitrogens with zero attached hydrogens (tertiary/aromatic N) is 4. The van der Waals surface area contributed by atoms with E-state index in [9.17, 15) is 13.2 Å². The van der Waals surface area contributed by atoms with Crippen molar-refractivity contribution in [1.29, 1.82) is 0 Å². The number of piperidine rings is 1. The van der Waals surface area contributed by atoms with E-state index in [1.54, 1.807) is 12.1 Å². The molecule has 2 aliphatic heterocycles. The van der Waals surface area contributed by atoms with E-state index in [2.05, 4.69) is 16.8 Å². The molecule has 0 N–H and O–H groups in total. The topological polar surface area (TPSA) is 64.2 Å². The van der Waals surface area contributed by atoms with Gasteiger partial charge >= 0.3 is 0 Å². The summed E-state index contributed by atoms with van der Waals surface area (Å²) in [6.07, 6.45) is 2.16. The first-order valence-corrected chi connectivity index (χ1v) is 12.4. The zero-order chi connectivity index (χ0) is 21.7. The van der Waals surface area contributed by atoms with Crippen LogP contribution >= 0.6 is 0 Å². The number of hydrogen-bond donors (Lipinski definition) is 0. The summed E-state index contributed by atoms with van der Waals surface area (Å²) in [5, 5.41) is 0. The highest BCUT2D eigenvalue weighted by molar-refractivity contribution is 7.89. The minimum Gasteiger partial charge on any atom is -0.345 e. The standard InChI is InChI=1S/C22H36N4O3S/c1-19-5-7-21(8-6-19)30(28,29)26-13-9-20(10-14-26)22(27)24(3)11-4-12-25-17-15-23(2)16-18-25/h5-8,20H,4,9-18H2,1-3H3. The molecular formula is C22H36N4O3S. The quantitative estimate of drug-likeness (QED) is 0.648. The van der Waals surface area contributed by atoms with Crippen molar-refractivity contribution in [2.45, 2.75) is 31.1 Å². The first-order chi connectivity index (χ1) is 14.3. The van der Waals surface area contributed by atoms with E-state index in [0.29, 0.717) is 30.8 Å². The first-order valence-electron chi connectivity index (χ1n) is 11.0. The molecule has 2 heterocycles. The number of benzene rings is 1. The molecule has 0 unspecified atom stereocenters.